The van der Waals surface area contributed by atoms with Crippen LogP contribution >= 0.6 is 0 Å². The normalized spacial score (nSPS) is 32.4. The smallest absolute Gasteiger partial charge is 0.331 e. The number of rotatable bonds is 10. The number of benzene rings is 1. The summed E-state index contributed by atoms with van der Waals surface area (Å²) >= 11 is 0. The van der Waals surface area contributed by atoms with Gasteiger partial charge < -0.3 is 18.9 Å². The quantitative estimate of drug-likeness (QED) is 0.106. The van der Waals surface area contributed by atoms with Crippen LogP contribution in [0.4, 0.5) is 0 Å². The van der Waals surface area contributed by atoms with Crippen LogP contribution in [0.1, 0.15) is 65.9 Å². The molecule has 0 aromatic heterocycles. The highest BCUT2D eigenvalue weighted by atomic mass is 16.8. The van der Waals surface area contributed by atoms with Crippen LogP contribution in [0.15, 0.2) is 72.9 Å². The second kappa shape index (κ2) is 13.3. The van der Waals surface area contributed by atoms with Crippen LogP contribution in [-0.4, -0.2) is 48.7 Å². The second-order valence-electron chi connectivity index (χ2n) is 12.2. The molecule has 9 nitrogen and oxygen atoms in total. The molecule has 2 aliphatic carbocycles. The Labute approximate surface area is 258 Å². The molecule has 0 amide bonds. The van der Waals surface area contributed by atoms with Gasteiger partial charge in [0.1, 0.15) is 17.6 Å². The fourth-order valence-electron chi connectivity index (χ4n) is 7.25. The molecule has 1 aromatic carbocycles. The number of hydrogen-bond acceptors (Lipinski definition) is 9. The lowest BCUT2D eigenvalue weighted by molar-refractivity contribution is -0.257. The molecular weight excluding hydrogens is 564 g/mol. The van der Waals surface area contributed by atoms with Gasteiger partial charge in [-0.15, -0.1) is 0 Å². The van der Waals surface area contributed by atoms with Crippen molar-refractivity contribution in [3.8, 4) is 0 Å². The fraction of sp³-hybridized carbons (Fsp3) is 0.486. The van der Waals surface area contributed by atoms with E-state index in [0.717, 1.165) is 11.1 Å². The topological polar surface area (TPSA) is 114 Å². The third kappa shape index (κ3) is 6.58. The van der Waals surface area contributed by atoms with E-state index in [9.17, 15) is 19.2 Å². The number of hydrogen-bond donors (Lipinski definition) is 0. The summed E-state index contributed by atoms with van der Waals surface area (Å²) in [5.74, 6) is -2.69. The average molecular weight is 607 g/mol. The molecule has 9 heteroatoms. The van der Waals surface area contributed by atoms with Gasteiger partial charge in [0, 0.05) is 32.4 Å². The van der Waals surface area contributed by atoms with E-state index in [1.54, 1.807) is 18.2 Å². The summed E-state index contributed by atoms with van der Waals surface area (Å²) in [5, 5.41) is 0. The van der Waals surface area contributed by atoms with Crippen LogP contribution in [0.5, 0.6) is 0 Å². The minimum absolute atomic E-state index is 0.00488. The molecule has 44 heavy (non-hydrogen) atoms. The zero-order valence-electron chi connectivity index (χ0n) is 26.1. The molecule has 1 aliphatic heterocycles. The molecule has 8 atom stereocenters. The van der Waals surface area contributed by atoms with E-state index < -0.39 is 65.4 Å². The molecule has 0 bridgehead atoms. The van der Waals surface area contributed by atoms with Gasteiger partial charge >= 0.3 is 23.9 Å². The monoisotopic (exact) mass is 606 g/mol. The van der Waals surface area contributed by atoms with Crippen molar-refractivity contribution in [3.63, 3.8) is 0 Å². The second-order valence-corrected chi connectivity index (χ2v) is 12.2. The zero-order chi connectivity index (χ0) is 32.2. The summed E-state index contributed by atoms with van der Waals surface area (Å²) in [4.78, 5) is 50.3. The summed E-state index contributed by atoms with van der Waals surface area (Å²) in [6, 6.07) is 9.35. The molecule has 2 fully saturated rings. The summed E-state index contributed by atoms with van der Waals surface area (Å²) in [6.07, 6.45) is 4.51. The summed E-state index contributed by atoms with van der Waals surface area (Å²) in [7, 11) is 0. The molecule has 4 rings (SSSR count). The first-order valence-electron chi connectivity index (χ1n) is 14.9. The molecule has 3 aliphatic rings. The van der Waals surface area contributed by atoms with E-state index in [2.05, 4.69) is 27.0 Å². The average Bonchev–Trinajstić information content (AvgIpc) is 3.25. The SMILES string of the molecule is C=CC(=C)CC[C@]1(C)[C@H](C)C[C@H](OC(=O)/C=C/c2ccccc2)[C@@]23C(=C[C@H](OC(C)=O)C[C@@H]12)[C@@H](OC(C)=O)O[C@@H]3OC(C)=O. The first-order chi connectivity index (χ1) is 20.8. The highest BCUT2D eigenvalue weighted by molar-refractivity contribution is 5.87. The first kappa shape index (κ1) is 32.9. The van der Waals surface area contributed by atoms with Gasteiger partial charge in [-0.2, -0.15) is 0 Å². The van der Waals surface area contributed by atoms with Crippen molar-refractivity contribution >= 4 is 30.0 Å². The molecule has 1 spiro atoms. The predicted octanol–water partition coefficient (Wildman–Crippen LogP) is 5.85. The van der Waals surface area contributed by atoms with Crippen LogP contribution < -0.4 is 0 Å². The lowest BCUT2D eigenvalue weighted by Crippen LogP contribution is -2.64. The Hall–Kier alpha value is -3.98. The molecule has 1 saturated heterocycles. The van der Waals surface area contributed by atoms with Crippen LogP contribution in [-0.2, 0) is 42.9 Å². The van der Waals surface area contributed by atoms with Crippen LogP contribution in [0, 0.1) is 22.7 Å². The largest absolute Gasteiger partial charge is 0.458 e. The van der Waals surface area contributed by atoms with Crippen molar-refractivity contribution in [3.05, 3.63) is 78.4 Å². The summed E-state index contributed by atoms with van der Waals surface area (Å²) in [6.45, 7) is 16.1. The Morgan fingerprint density at radius 1 is 0.977 bits per heavy atom. The molecule has 1 aromatic rings. The summed E-state index contributed by atoms with van der Waals surface area (Å²) < 4.78 is 29.7. The number of allylic oxidation sites excluding steroid dienone is 2. The number of carbonyl (C=O) groups is 4. The maximum Gasteiger partial charge on any atom is 0.331 e. The van der Waals surface area contributed by atoms with Crippen LogP contribution in [0.25, 0.3) is 6.08 Å². The van der Waals surface area contributed by atoms with Gasteiger partial charge in [-0.3, -0.25) is 19.1 Å². The van der Waals surface area contributed by atoms with Crippen molar-refractivity contribution < 1.29 is 42.9 Å². The molecule has 0 N–H and O–H groups in total. The highest BCUT2D eigenvalue weighted by Crippen LogP contribution is 2.68. The Morgan fingerprint density at radius 2 is 1.64 bits per heavy atom. The van der Waals surface area contributed by atoms with Gasteiger partial charge in [0.25, 0.3) is 0 Å². The molecule has 0 radical (unpaired) electrons. The van der Waals surface area contributed by atoms with E-state index in [-0.39, 0.29) is 5.92 Å². The maximum absolute atomic E-state index is 13.4. The van der Waals surface area contributed by atoms with Crippen molar-refractivity contribution in [1.82, 2.24) is 0 Å². The molecule has 236 valence electrons. The van der Waals surface area contributed by atoms with Crippen molar-refractivity contribution in [2.24, 2.45) is 22.7 Å². The van der Waals surface area contributed by atoms with E-state index in [1.807, 2.05) is 30.3 Å². The minimum Gasteiger partial charge on any atom is -0.458 e. The highest BCUT2D eigenvalue weighted by Gasteiger charge is 2.72. The van der Waals surface area contributed by atoms with Gasteiger partial charge in [0.05, 0.1) is 0 Å². The fourth-order valence-corrected chi connectivity index (χ4v) is 7.25. The Kier molecular flexibility index (Phi) is 9.98. The predicted molar refractivity (Wildman–Crippen MR) is 162 cm³/mol. The van der Waals surface area contributed by atoms with Crippen molar-refractivity contribution in [2.45, 2.75) is 85.1 Å². The van der Waals surface area contributed by atoms with Gasteiger partial charge in [0.2, 0.25) is 12.6 Å². The summed E-state index contributed by atoms with van der Waals surface area (Å²) in [5.41, 5.74) is 0.431. The zero-order valence-corrected chi connectivity index (χ0v) is 26.1. The molecule has 1 heterocycles. The standard InChI is InChI=1S/C35H42O9/c1-8-21(2)16-17-34(7)22(3)18-30(43-31(39)15-14-26-12-10-9-11-13-26)35-28(19-27(20-29(34)35)40-23(4)36)32(41-24(5)37)44-33(35)42-25(6)38/h8-15,19,22,27,29-30,32-33H,1-2,16-18,20H2,3-7H3/b15-14+/t22-,27+,29+,30+,32+,33+,34-,35-/m1/s1. The molecular formula is C35H42O9. The van der Waals surface area contributed by atoms with E-state index in [1.165, 1.54) is 26.8 Å². The van der Waals surface area contributed by atoms with E-state index in [0.29, 0.717) is 31.3 Å². The Bertz CT molecular complexity index is 1360. The number of esters is 4. The van der Waals surface area contributed by atoms with Gasteiger partial charge in [-0.05, 0) is 60.6 Å². The molecule has 1 saturated carbocycles. The minimum atomic E-state index is -1.25. The third-order valence-electron chi connectivity index (χ3n) is 9.43. The van der Waals surface area contributed by atoms with Gasteiger partial charge in [-0.1, -0.05) is 69.0 Å². The maximum atomic E-state index is 13.4. The third-order valence-corrected chi connectivity index (χ3v) is 9.43. The lowest BCUT2D eigenvalue weighted by Gasteiger charge is -2.61. The van der Waals surface area contributed by atoms with Gasteiger partial charge in [-0.25, -0.2) is 4.79 Å². The van der Waals surface area contributed by atoms with E-state index in [4.69, 9.17) is 23.7 Å². The van der Waals surface area contributed by atoms with Gasteiger partial charge in [0.15, 0.2) is 0 Å². The number of carbonyl (C=O) groups excluding carboxylic acids is 4. The van der Waals surface area contributed by atoms with Crippen molar-refractivity contribution in [2.75, 3.05) is 0 Å². The first-order valence-corrected chi connectivity index (χ1v) is 14.9. The van der Waals surface area contributed by atoms with Crippen LogP contribution in [0.2, 0.25) is 0 Å². The van der Waals surface area contributed by atoms with Crippen LogP contribution in [0.3, 0.4) is 0 Å². The lowest BCUT2D eigenvalue weighted by atomic mass is 9.45. The molecule has 0 unspecified atom stereocenters. The van der Waals surface area contributed by atoms with Crippen molar-refractivity contribution in [1.29, 1.82) is 0 Å². The number of ether oxygens (including phenoxy) is 5. The Balaban J connectivity index is 1.88. The van der Waals surface area contributed by atoms with E-state index >= 15 is 0 Å². The Morgan fingerprint density at radius 3 is 2.25 bits per heavy atom.